The van der Waals surface area contributed by atoms with Gasteiger partial charge in [0.05, 0.1) is 13.0 Å². The van der Waals surface area contributed by atoms with Crippen molar-refractivity contribution in [3.8, 4) is 0 Å². The van der Waals surface area contributed by atoms with E-state index in [9.17, 15) is 38.4 Å². The molecule has 6 rings (SSSR count). The van der Waals surface area contributed by atoms with Crippen LogP contribution in [0.4, 0.5) is 4.79 Å². The molecule has 18 nitrogen and oxygen atoms in total. The van der Waals surface area contributed by atoms with E-state index in [2.05, 4.69) is 31.6 Å². The van der Waals surface area contributed by atoms with Crippen molar-refractivity contribution in [2.45, 2.75) is 103 Å². The van der Waals surface area contributed by atoms with Crippen molar-refractivity contribution in [2.75, 3.05) is 13.1 Å². The van der Waals surface area contributed by atoms with Gasteiger partial charge in [0.2, 0.25) is 29.5 Å². The Bertz CT molecular complexity index is 2370. The highest BCUT2D eigenvalue weighted by Crippen LogP contribution is 2.25. The highest BCUT2D eigenvalue weighted by atomic mass is 16.6. The Morgan fingerprint density at radius 2 is 1.30 bits per heavy atom. The molecule has 0 saturated carbocycles. The number of nitrogens with one attached hydrogen (secondary N) is 6. The van der Waals surface area contributed by atoms with Crippen LogP contribution in [-0.4, -0.2) is 107 Å². The summed E-state index contributed by atoms with van der Waals surface area (Å²) in [6.07, 6.45) is -1.08. The Labute approximate surface area is 382 Å². The number of alkyl carbamates (subject to hydrolysis) is 1. The van der Waals surface area contributed by atoms with E-state index >= 15 is 0 Å². The van der Waals surface area contributed by atoms with Crippen LogP contribution in [0.1, 0.15) is 63.6 Å². The number of nitrogens with zero attached hydrogens (tertiary/aromatic N) is 1. The van der Waals surface area contributed by atoms with Crippen molar-refractivity contribution in [3.63, 3.8) is 0 Å². The number of benzene rings is 3. The largest absolute Gasteiger partial charge is 0.461 e. The lowest BCUT2D eigenvalue weighted by Gasteiger charge is -2.30. The van der Waals surface area contributed by atoms with Crippen LogP contribution >= 0.6 is 0 Å². The second kappa shape index (κ2) is 22.6. The van der Waals surface area contributed by atoms with E-state index in [0.717, 1.165) is 21.4 Å². The molecule has 350 valence electrons. The van der Waals surface area contributed by atoms with Gasteiger partial charge >= 0.3 is 18.0 Å². The first-order valence-electron chi connectivity index (χ1n) is 22.1. The average Bonchev–Trinajstić information content (AvgIpc) is 3.92. The van der Waals surface area contributed by atoms with Crippen molar-refractivity contribution in [1.82, 2.24) is 36.5 Å². The minimum atomic E-state index is -1.65. The Kier molecular flexibility index (Phi) is 16.5. The van der Waals surface area contributed by atoms with E-state index in [1.165, 1.54) is 0 Å². The Morgan fingerprint density at radius 1 is 0.697 bits per heavy atom. The molecule has 4 aromatic rings. The van der Waals surface area contributed by atoms with E-state index in [-0.39, 0.29) is 44.9 Å². The molecular weight excluding hydrogens is 851 g/mol. The van der Waals surface area contributed by atoms with Crippen molar-refractivity contribution in [2.24, 2.45) is 11.8 Å². The number of ether oxygens (including phenoxy) is 3. The lowest BCUT2D eigenvalue weighted by Crippen LogP contribution is -2.59. The molecule has 0 aliphatic carbocycles. The molecule has 2 aliphatic rings. The number of amides is 6. The van der Waals surface area contributed by atoms with Crippen LogP contribution in [-0.2, 0) is 67.4 Å². The SMILES string of the molecule is CC(C)C[C@@H]1NC(=O)[C@@H](C(C)C)NC(=O)[C@@H]2C[C@@H](OC(=O)CNC(=O)OCc3ccccc3)CN2C(=O)[C@@H](CC(=O)OCc2ccccc2)NC(=O)[C@@H](Cc2c[nH]c3ccccc23)NC1=O. The maximum Gasteiger partial charge on any atom is 0.407 e. The zero-order chi connectivity index (χ0) is 47.3. The summed E-state index contributed by atoms with van der Waals surface area (Å²) in [6.45, 7) is 5.99. The van der Waals surface area contributed by atoms with Gasteiger partial charge in [0, 0.05) is 29.9 Å². The number of carbonyl (C=O) groups is 8. The number of aromatic nitrogens is 1. The summed E-state index contributed by atoms with van der Waals surface area (Å²) in [5.41, 5.74) is 2.84. The van der Waals surface area contributed by atoms with Gasteiger partial charge in [-0.3, -0.25) is 33.6 Å². The highest BCUT2D eigenvalue weighted by molar-refractivity contribution is 5.99. The number of hydrogen-bond acceptors (Lipinski definition) is 11. The number of aromatic amines is 1. The van der Waals surface area contributed by atoms with Crippen LogP contribution in [0, 0.1) is 11.8 Å². The van der Waals surface area contributed by atoms with Gasteiger partial charge in [-0.1, -0.05) is 107 Å². The highest BCUT2D eigenvalue weighted by Gasteiger charge is 2.46. The predicted octanol–water partition coefficient (Wildman–Crippen LogP) is 2.94. The number of rotatable bonds is 14. The van der Waals surface area contributed by atoms with Crippen LogP contribution < -0.4 is 26.6 Å². The van der Waals surface area contributed by atoms with Gasteiger partial charge in [0.1, 0.15) is 56.1 Å². The molecule has 66 heavy (non-hydrogen) atoms. The fourth-order valence-electron chi connectivity index (χ4n) is 7.91. The summed E-state index contributed by atoms with van der Waals surface area (Å²) in [6, 6.07) is 18.4. The normalized spacial score (nSPS) is 21.7. The molecule has 0 bridgehead atoms. The van der Waals surface area contributed by atoms with Gasteiger partial charge in [-0.25, -0.2) is 4.79 Å². The lowest BCUT2D eigenvalue weighted by atomic mass is 9.98. The molecule has 18 heteroatoms. The molecule has 0 radical (unpaired) electrons. The van der Waals surface area contributed by atoms with Crippen LogP contribution in [0.2, 0.25) is 0 Å². The zero-order valence-electron chi connectivity index (χ0n) is 37.4. The zero-order valence-corrected chi connectivity index (χ0v) is 37.4. The summed E-state index contributed by atoms with van der Waals surface area (Å²) in [4.78, 5) is 115. The van der Waals surface area contributed by atoms with Gasteiger partial charge in [-0.15, -0.1) is 0 Å². The lowest BCUT2D eigenvalue weighted by molar-refractivity contribution is -0.150. The Morgan fingerprint density at radius 3 is 1.97 bits per heavy atom. The van der Waals surface area contributed by atoms with Crippen LogP contribution in [0.3, 0.4) is 0 Å². The first-order chi connectivity index (χ1) is 31.6. The quantitative estimate of drug-likeness (QED) is 0.0794. The molecule has 2 fully saturated rings. The minimum absolute atomic E-state index is 0.0420. The molecule has 0 spiro atoms. The first-order valence-corrected chi connectivity index (χ1v) is 22.1. The maximum atomic E-state index is 14.9. The van der Waals surface area contributed by atoms with Gasteiger partial charge in [-0.05, 0) is 41.0 Å². The second-order valence-corrected chi connectivity index (χ2v) is 17.2. The van der Waals surface area contributed by atoms with Crippen LogP contribution in [0.15, 0.2) is 91.1 Å². The molecule has 0 unspecified atom stereocenters. The number of fused-ring (bicyclic) bond motifs is 2. The summed E-state index contributed by atoms with van der Waals surface area (Å²) in [5.74, 6) is -6.21. The number of hydrogen-bond donors (Lipinski definition) is 6. The van der Waals surface area contributed by atoms with Crippen molar-refractivity contribution in [3.05, 3.63) is 108 Å². The van der Waals surface area contributed by atoms with Gasteiger partial charge in [0.25, 0.3) is 0 Å². The molecule has 3 heterocycles. The molecule has 3 aromatic carbocycles. The van der Waals surface area contributed by atoms with Gasteiger partial charge < -0.3 is 50.7 Å². The first kappa shape index (κ1) is 48.2. The van der Waals surface area contributed by atoms with Gasteiger partial charge in [-0.2, -0.15) is 0 Å². The fourth-order valence-corrected chi connectivity index (χ4v) is 7.91. The second-order valence-electron chi connectivity index (χ2n) is 17.2. The van der Waals surface area contributed by atoms with Crippen molar-refractivity contribution >= 4 is 58.5 Å². The Balaban J connectivity index is 1.30. The van der Waals surface area contributed by atoms with Crippen LogP contribution in [0.5, 0.6) is 0 Å². The minimum Gasteiger partial charge on any atom is -0.461 e. The number of esters is 2. The average molecular weight is 908 g/mol. The summed E-state index contributed by atoms with van der Waals surface area (Å²) >= 11 is 0. The van der Waals surface area contributed by atoms with E-state index in [0.29, 0.717) is 11.1 Å². The molecule has 2 aliphatic heterocycles. The molecule has 6 amide bonds. The van der Waals surface area contributed by atoms with Gasteiger partial charge in [0.15, 0.2) is 0 Å². The molecule has 6 N–H and O–H groups in total. The maximum absolute atomic E-state index is 14.9. The fraction of sp³-hybridized carbons (Fsp3) is 0.417. The monoisotopic (exact) mass is 907 g/mol. The smallest absolute Gasteiger partial charge is 0.407 e. The van der Waals surface area contributed by atoms with E-state index in [1.807, 2.05) is 44.2 Å². The van der Waals surface area contributed by atoms with E-state index in [4.69, 9.17) is 14.2 Å². The van der Waals surface area contributed by atoms with E-state index < -0.39 is 103 Å². The summed E-state index contributed by atoms with van der Waals surface area (Å²) in [5, 5.41) is 14.1. The standard InChI is InChI=1S/C48H57N7O11/c1-28(2)19-36-43(58)51-37(20-32-23-49-35-18-12-11-17-34(32)35)44(59)53-38(22-40(56)64-26-30-13-7-5-8-14-30)47(62)55-25-33(21-39(55)45(60)54-42(29(3)4)46(61)52-36)66-41(57)24-50-48(63)65-27-31-15-9-6-10-16-31/h5-18,23,28-29,33,36-39,42,49H,19-22,24-27H2,1-4H3,(H,50,63)(H,51,58)(H,52,61)(H,53,59)(H,54,60)/t33-,36+,37-,38-,39+,42-/m1/s1. The third-order valence-corrected chi connectivity index (χ3v) is 11.3. The molecule has 6 atom stereocenters. The van der Waals surface area contributed by atoms with Crippen molar-refractivity contribution < 1.29 is 52.6 Å². The molecule has 2 saturated heterocycles. The number of H-pyrrole nitrogens is 1. The summed E-state index contributed by atoms with van der Waals surface area (Å²) < 4.78 is 16.4. The van der Waals surface area contributed by atoms with Crippen LogP contribution in [0.25, 0.3) is 10.9 Å². The van der Waals surface area contributed by atoms with E-state index in [1.54, 1.807) is 74.6 Å². The number of carbonyl (C=O) groups excluding carboxylic acids is 8. The topological polar surface area (TPSA) is 243 Å². The molecular formula is C48H57N7O11. The molecule has 1 aromatic heterocycles. The Hall–Kier alpha value is -7.24. The summed E-state index contributed by atoms with van der Waals surface area (Å²) in [7, 11) is 0. The predicted molar refractivity (Wildman–Crippen MR) is 240 cm³/mol. The third-order valence-electron chi connectivity index (χ3n) is 11.3. The third kappa shape index (κ3) is 13.2. The number of para-hydroxylation sites is 1. The van der Waals surface area contributed by atoms with Crippen molar-refractivity contribution in [1.29, 1.82) is 0 Å².